The second-order valence-electron chi connectivity index (χ2n) is 7.04. The number of nitrogens with zero attached hydrogens (tertiary/aromatic N) is 5. The van der Waals surface area contributed by atoms with Crippen molar-refractivity contribution in [3.05, 3.63) is 36.2 Å². The van der Waals surface area contributed by atoms with Crippen molar-refractivity contribution in [1.29, 1.82) is 0 Å². The summed E-state index contributed by atoms with van der Waals surface area (Å²) in [5.41, 5.74) is 0.891. The maximum atomic E-state index is 12.9. The summed E-state index contributed by atoms with van der Waals surface area (Å²) in [5, 5.41) is 15.2. The highest BCUT2D eigenvalue weighted by Crippen LogP contribution is 2.37. The number of amides is 1. The first-order valence-corrected chi connectivity index (χ1v) is 9.12. The highest BCUT2D eigenvalue weighted by atomic mass is 16.2. The van der Waals surface area contributed by atoms with E-state index in [0.717, 1.165) is 31.6 Å². The topological polar surface area (TPSA) is 75.9 Å². The first-order valence-electron chi connectivity index (χ1n) is 9.12. The highest BCUT2D eigenvalue weighted by molar-refractivity contribution is 5.82. The zero-order chi connectivity index (χ0) is 17.2. The molecule has 132 valence electrons. The number of rotatable bonds is 6. The van der Waals surface area contributed by atoms with E-state index in [0.29, 0.717) is 11.7 Å². The Bertz CT molecular complexity index is 720. The van der Waals surface area contributed by atoms with Gasteiger partial charge in [0.1, 0.15) is 0 Å². The number of aromatic nitrogens is 4. The van der Waals surface area contributed by atoms with Crippen molar-refractivity contribution >= 4 is 5.91 Å². The van der Waals surface area contributed by atoms with Crippen molar-refractivity contribution in [3.8, 4) is 5.69 Å². The molecule has 0 radical (unpaired) electrons. The smallest absolute Gasteiger partial charge is 0.238 e. The van der Waals surface area contributed by atoms with Gasteiger partial charge in [-0.15, -0.1) is 5.10 Å². The molecule has 1 saturated carbocycles. The summed E-state index contributed by atoms with van der Waals surface area (Å²) >= 11 is 0. The Labute approximate surface area is 147 Å². The lowest BCUT2D eigenvalue weighted by molar-refractivity contribution is -0.127. The Morgan fingerprint density at radius 3 is 2.60 bits per heavy atom. The van der Waals surface area contributed by atoms with Gasteiger partial charge in [0.05, 0.1) is 17.8 Å². The fourth-order valence-corrected chi connectivity index (χ4v) is 3.69. The number of tetrazole rings is 1. The molecule has 1 amide bonds. The molecule has 1 aromatic heterocycles. The normalized spacial score (nSPS) is 20.4. The molecule has 0 spiro atoms. The van der Waals surface area contributed by atoms with Gasteiger partial charge in [0, 0.05) is 0 Å². The highest BCUT2D eigenvalue weighted by Gasteiger charge is 2.41. The zero-order valence-electron chi connectivity index (χ0n) is 14.5. The fourth-order valence-electron chi connectivity index (χ4n) is 3.69. The van der Waals surface area contributed by atoms with Crippen LogP contribution in [0.15, 0.2) is 30.3 Å². The van der Waals surface area contributed by atoms with Crippen LogP contribution < -0.4 is 5.32 Å². The largest absolute Gasteiger partial charge is 0.345 e. The number of hydrogen-bond donors (Lipinski definition) is 1. The number of likely N-dealkylation sites (tertiary alicyclic amines) is 1. The number of nitrogens with one attached hydrogen (secondary N) is 1. The van der Waals surface area contributed by atoms with E-state index >= 15 is 0 Å². The number of carbonyl (C=O) groups excluding carboxylic acids is 1. The van der Waals surface area contributed by atoms with Crippen LogP contribution in [0.4, 0.5) is 0 Å². The summed E-state index contributed by atoms with van der Waals surface area (Å²) < 4.78 is 1.69. The Balaban J connectivity index is 1.49. The minimum atomic E-state index is -0.244. The van der Waals surface area contributed by atoms with Gasteiger partial charge in [0.15, 0.2) is 5.82 Å². The van der Waals surface area contributed by atoms with Crippen LogP contribution in [0.25, 0.3) is 5.69 Å². The van der Waals surface area contributed by atoms with Gasteiger partial charge in [-0.05, 0) is 74.2 Å². The Hall–Kier alpha value is -2.28. The van der Waals surface area contributed by atoms with Gasteiger partial charge in [-0.2, -0.15) is 4.68 Å². The predicted octanol–water partition coefficient (Wildman–Crippen LogP) is 1.71. The molecule has 2 aliphatic rings. The van der Waals surface area contributed by atoms with Crippen molar-refractivity contribution in [2.75, 3.05) is 13.1 Å². The lowest BCUT2D eigenvalue weighted by atomic mass is 10.1. The van der Waals surface area contributed by atoms with Crippen LogP contribution in [0.5, 0.6) is 0 Å². The first kappa shape index (κ1) is 16.2. The van der Waals surface area contributed by atoms with Gasteiger partial charge in [-0.25, -0.2) is 0 Å². The van der Waals surface area contributed by atoms with E-state index in [2.05, 4.69) is 25.7 Å². The molecule has 1 saturated heterocycles. The average molecular weight is 340 g/mol. The molecule has 0 bridgehead atoms. The third-order valence-corrected chi connectivity index (χ3v) is 5.11. The van der Waals surface area contributed by atoms with Crippen LogP contribution in [-0.4, -0.2) is 50.1 Å². The molecule has 1 aromatic carbocycles. The van der Waals surface area contributed by atoms with Crippen LogP contribution in [0.1, 0.15) is 44.5 Å². The first-order chi connectivity index (χ1) is 12.2. The Kier molecular flexibility index (Phi) is 4.48. The molecular formula is C18H24N6O. The number of carbonyl (C=O) groups is 1. The van der Waals surface area contributed by atoms with Crippen LogP contribution in [0, 0.1) is 5.92 Å². The van der Waals surface area contributed by atoms with Crippen LogP contribution in [-0.2, 0) is 4.79 Å². The van der Waals surface area contributed by atoms with E-state index in [-0.39, 0.29) is 18.0 Å². The predicted molar refractivity (Wildman–Crippen MR) is 93.0 cm³/mol. The third-order valence-electron chi connectivity index (χ3n) is 5.11. The SMILES string of the molecule is CC(NC(=O)C(C1CC1)N1CCCC1)c1nnnn1-c1ccccc1. The van der Waals surface area contributed by atoms with Gasteiger partial charge in [0.2, 0.25) is 5.91 Å². The summed E-state index contributed by atoms with van der Waals surface area (Å²) in [6.07, 6.45) is 4.70. The van der Waals surface area contributed by atoms with E-state index in [1.165, 1.54) is 12.8 Å². The minimum absolute atomic E-state index is 0.00556. The molecule has 25 heavy (non-hydrogen) atoms. The molecule has 1 N–H and O–H groups in total. The van der Waals surface area contributed by atoms with Crippen LogP contribution in [0.2, 0.25) is 0 Å². The molecule has 7 heteroatoms. The second-order valence-corrected chi connectivity index (χ2v) is 7.04. The van der Waals surface area contributed by atoms with E-state index in [9.17, 15) is 4.79 Å². The maximum absolute atomic E-state index is 12.9. The van der Waals surface area contributed by atoms with Crippen LogP contribution >= 0.6 is 0 Å². The summed E-state index contributed by atoms with van der Waals surface area (Å²) in [4.78, 5) is 15.3. The lowest BCUT2D eigenvalue weighted by Crippen LogP contribution is -2.48. The summed E-state index contributed by atoms with van der Waals surface area (Å²) in [6, 6.07) is 9.51. The molecular weight excluding hydrogens is 316 g/mol. The lowest BCUT2D eigenvalue weighted by Gasteiger charge is -2.27. The Morgan fingerprint density at radius 1 is 1.20 bits per heavy atom. The number of hydrogen-bond acceptors (Lipinski definition) is 5. The van der Waals surface area contributed by atoms with Crippen molar-refractivity contribution in [2.24, 2.45) is 5.92 Å². The maximum Gasteiger partial charge on any atom is 0.238 e. The van der Waals surface area contributed by atoms with Gasteiger partial charge in [0.25, 0.3) is 0 Å². The van der Waals surface area contributed by atoms with Crippen molar-refractivity contribution in [3.63, 3.8) is 0 Å². The van der Waals surface area contributed by atoms with Crippen molar-refractivity contribution in [2.45, 2.75) is 44.7 Å². The summed E-state index contributed by atoms with van der Waals surface area (Å²) in [7, 11) is 0. The van der Waals surface area contributed by atoms with Crippen molar-refractivity contribution in [1.82, 2.24) is 30.4 Å². The zero-order valence-corrected chi connectivity index (χ0v) is 14.5. The van der Waals surface area contributed by atoms with Gasteiger partial charge < -0.3 is 5.32 Å². The molecule has 1 aliphatic carbocycles. The van der Waals surface area contributed by atoms with Gasteiger partial charge in [-0.3, -0.25) is 9.69 Å². The standard InChI is InChI=1S/C18H24N6O/c1-13(17-20-21-22-24(17)15-7-3-2-4-8-15)19-18(25)16(14-9-10-14)23-11-5-6-12-23/h2-4,7-8,13-14,16H,5-6,9-12H2,1H3,(H,19,25). The van der Waals surface area contributed by atoms with E-state index in [4.69, 9.17) is 0 Å². The summed E-state index contributed by atoms with van der Waals surface area (Å²) in [5.74, 6) is 1.27. The van der Waals surface area contributed by atoms with E-state index in [1.54, 1.807) is 4.68 Å². The number of para-hydroxylation sites is 1. The Morgan fingerprint density at radius 2 is 1.92 bits per heavy atom. The van der Waals surface area contributed by atoms with E-state index in [1.807, 2.05) is 37.3 Å². The molecule has 4 rings (SSSR count). The quantitative estimate of drug-likeness (QED) is 0.866. The molecule has 2 aromatic rings. The van der Waals surface area contributed by atoms with Crippen LogP contribution in [0.3, 0.4) is 0 Å². The van der Waals surface area contributed by atoms with Gasteiger partial charge >= 0.3 is 0 Å². The summed E-state index contributed by atoms with van der Waals surface area (Å²) in [6.45, 7) is 4.01. The second kappa shape index (κ2) is 6.92. The molecule has 2 unspecified atom stereocenters. The monoisotopic (exact) mass is 340 g/mol. The molecule has 2 heterocycles. The number of benzene rings is 1. The molecule has 1 aliphatic heterocycles. The van der Waals surface area contributed by atoms with Gasteiger partial charge in [-0.1, -0.05) is 18.2 Å². The van der Waals surface area contributed by atoms with Crippen molar-refractivity contribution < 1.29 is 4.79 Å². The third kappa shape index (κ3) is 3.42. The minimum Gasteiger partial charge on any atom is -0.345 e. The fraction of sp³-hybridized carbons (Fsp3) is 0.556. The molecule has 2 atom stereocenters. The average Bonchev–Trinajstić information content (AvgIpc) is 3.12. The molecule has 7 nitrogen and oxygen atoms in total. The van der Waals surface area contributed by atoms with E-state index < -0.39 is 0 Å². The molecule has 2 fully saturated rings.